The molecule has 0 aliphatic carbocycles. The average molecular weight is 501 g/mol. The normalized spacial score (nSPS) is 16.8. The molecule has 188 valence electrons. The lowest BCUT2D eigenvalue weighted by molar-refractivity contribution is 0.274. The zero-order valence-electron chi connectivity index (χ0n) is 21.1. The molecule has 3 N–H and O–H groups in total. The lowest BCUT2D eigenvalue weighted by atomic mass is 9.96. The van der Waals surface area contributed by atoms with E-state index in [0.717, 1.165) is 62.1 Å². The number of aliphatic hydroxyl groups excluding tert-OH is 1. The predicted octanol–water partition coefficient (Wildman–Crippen LogP) is 9.15. The first-order chi connectivity index (χ1) is 18.6. The van der Waals surface area contributed by atoms with Gasteiger partial charge in [0.05, 0.1) is 22.7 Å². The molecule has 7 heteroatoms. The van der Waals surface area contributed by atoms with Crippen molar-refractivity contribution in [2.45, 2.75) is 25.4 Å². The van der Waals surface area contributed by atoms with Crippen molar-refractivity contribution in [1.82, 2.24) is 0 Å². The van der Waals surface area contributed by atoms with Gasteiger partial charge in [0.1, 0.15) is 5.66 Å². The highest BCUT2D eigenvalue weighted by Crippen LogP contribution is 2.43. The van der Waals surface area contributed by atoms with Crippen LogP contribution in [0, 0.1) is 0 Å². The van der Waals surface area contributed by atoms with Crippen LogP contribution >= 0.6 is 0 Å². The van der Waals surface area contributed by atoms with Crippen molar-refractivity contribution in [2.24, 2.45) is 20.5 Å². The summed E-state index contributed by atoms with van der Waals surface area (Å²) in [5.74, 6) is 0. The Hall–Kier alpha value is -4.62. The quantitative estimate of drug-likeness (QED) is 0.194. The minimum absolute atomic E-state index is 0.168. The lowest BCUT2D eigenvalue weighted by Crippen LogP contribution is -2.45. The van der Waals surface area contributed by atoms with Crippen LogP contribution in [-0.4, -0.2) is 17.4 Å². The molecule has 5 aromatic carbocycles. The number of anilines is 2. The number of fused-ring (bicyclic) bond motifs is 1. The van der Waals surface area contributed by atoms with E-state index in [9.17, 15) is 5.11 Å². The van der Waals surface area contributed by atoms with Gasteiger partial charge in [0.15, 0.2) is 0 Å². The minimum atomic E-state index is -0.328. The van der Waals surface area contributed by atoms with Crippen LogP contribution in [0.3, 0.4) is 0 Å². The molecule has 0 radical (unpaired) electrons. The zero-order valence-corrected chi connectivity index (χ0v) is 21.1. The number of rotatable bonds is 7. The van der Waals surface area contributed by atoms with Crippen molar-refractivity contribution in [2.75, 3.05) is 17.2 Å². The minimum Gasteiger partial charge on any atom is -0.396 e. The van der Waals surface area contributed by atoms with Gasteiger partial charge >= 0.3 is 0 Å². The molecular weight excluding hydrogens is 472 g/mol. The SMILES string of the molecule is CC1(CCCO)Nc2cccc3c(N=Nc4ccc(N=Nc5ccccc5)c5ccccc45)ccc(c23)N1. The van der Waals surface area contributed by atoms with E-state index in [1.165, 1.54) is 0 Å². The third kappa shape index (κ3) is 4.60. The molecule has 5 aromatic rings. The summed E-state index contributed by atoms with van der Waals surface area (Å²) >= 11 is 0. The Balaban J connectivity index is 1.35. The molecule has 7 nitrogen and oxygen atoms in total. The van der Waals surface area contributed by atoms with Crippen LogP contribution in [0.15, 0.2) is 118 Å². The van der Waals surface area contributed by atoms with Crippen molar-refractivity contribution < 1.29 is 5.11 Å². The molecule has 0 amide bonds. The molecule has 0 bridgehead atoms. The summed E-state index contributed by atoms with van der Waals surface area (Å²) in [4.78, 5) is 0. The van der Waals surface area contributed by atoms with Gasteiger partial charge in [0.25, 0.3) is 0 Å². The van der Waals surface area contributed by atoms with E-state index in [0.29, 0.717) is 6.42 Å². The van der Waals surface area contributed by atoms with Gasteiger partial charge in [-0.15, -0.1) is 15.3 Å². The molecule has 1 unspecified atom stereocenters. The Labute approximate surface area is 221 Å². The maximum absolute atomic E-state index is 9.32. The molecule has 1 aliphatic heterocycles. The second-order valence-electron chi connectivity index (χ2n) is 9.65. The van der Waals surface area contributed by atoms with E-state index in [1.807, 2.05) is 78.9 Å². The number of nitrogens with one attached hydrogen (secondary N) is 2. The number of aliphatic hydroxyl groups is 1. The summed E-state index contributed by atoms with van der Waals surface area (Å²) in [7, 11) is 0. The fourth-order valence-electron chi connectivity index (χ4n) is 5.03. The molecule has 1 heterocycles. The van der Waals surface area contributed by atoms with Crippen molar-refractivity contribution in [3.8, 4) is 0 Å². The molecule has 0 saturated heterocycles. The van der Waals surface area contributed by atoms with Crippen molar-refractivity contribution >= 4 is 55.7 Å². The summed E-state index contributed by atoms with van der Waals surface area (Å²) < 4.78 is 0. The van der Waals surface area contributed by atoms with Gasteiger partial charge in [-0.1, -0.05) is 54.6 Å². The van der Waals surface area contributed by atoms with Gasteiger partial charge in [-0.3, -0.25) is 0 Å². The summed E-state index contributed by atoms with van der Waals surface area (Å²) in [6, 6.07) is 31.9. The number of hydrogen-bond donors (Lipinski definition) is 3. The topological polar surface area (TPSA) is 93.7 Å². The smallest absolute Gasteiger partial charge is 0.105 e. The first-order valence-electron chi connectivity index (χ1n) is 12.8. The zero-order chi connectivity index (χ0) is 26.0. The second-order valence-corrected chi connectivity index (χ2v) is 9.65. The van der Waals surface area contributed by atoms with Crippen molar-refractivity contribution in [3.63, 3.8) is 0 Å². The van der Waals surface area contributed by atoms with Gasteiger partial charge in [-0.25, -0.2) is 0 Å². The highest BCUT2D eigenvalue weighted by Gasteiger charge is 2.29. The van der Waals surface area contributed by atoms with Crippen molar-refractivity contribution in [1.29, 1.82) is 0 Å². The third-order valence-corrected chi connectivity index (χ3v) is 6.85. The molecular formula is C31H28N6O. The van der Waals surface area contributed by atoms with E-state index in [-0.39, 0.29) is 12.3 Å². The monoisotopic (exact) mass is 500 g/mol. The van der Waals surface area contributed by atoms with Crippen LogP contribution in [0.25, 0.3) is 21.5 Å². The standard InChI is InChI=1S/C31H28N6O/c1-31(19-8-20-38)32-28-14-7-13-24-27(17-18-29(33-31)30(24)28)37-36-26-16-15-25(22-11-5-6-12-23(22)26)35-34-21-9-3-2-4-10-21/h2-7,9-18,32-33,38H,8,19-20H2,1H3. The lowest BCUT2D eigenvalue weighted by Gasteiger charge is -2.39. The first-order valence-corrected chi connectivity index (χ1v) is 12.8. The van der Waals surface area contributed by atoms with Crippen LogP contribution in [0.4, 0.5) is 34.1 Å². The Morgan fingerprint density at radius 3 is 1.84 bits per heavy atom. The van der Waals surface area contributed by atoms with Crippen LogP contribution < -0.4 is 10.6 Å². The first kappa shape index (κ1) is 23.8. The molecule has 0 fully saturated rings. The Morgan fingerprint density at radius 1 is 0.605 bits per heavy atom. The molecule has 6 rings (SSSR count). The van der Waals surface area contributed by atoms with E-state index >= 15 is 0 Å². The molecule has 0 spiro atoms. The van der Waals surface area contributed by atoms with E-state index in [2.05, 4.69) is 56.2 Å². The maximum atomic E-state index is 9.32. The fourth-order valence-corrected chi connectivity index (χ4v) is 5.03. The Morgan fingerprint density at radius 2 is 1.16 bits per heavy atom. The molecule has 38 heavy (non-hydrogen) atoms. The number of nitrogens with zero attached hydrogens (tertiary/aromatic N) is 4. The average Bonchev–Trinajstić information content (AvgIpc) is 2.95. The molecule has 1 aliphatic rings. The van der Waals surface area contributed by atoms with Gasteiger partial charge in [0, 0.05) is 39.5 Å². The van der Waals surface area contributed by atoms with E-state index in [4.69, 9.17) is 0 Å². The predicted molar refractivity (Wildman–Crippen MR) is 155 cm³/mol. The Kier molecular flexibility index (Phi) is 6.27. The number of azo groups is 2. The molecule has 1 atom stereocenters. The van der Waals surface area contributed by atoms with Crippen LogP contribution in [0.5, 0.6) is 0 Å². The van der Waals surface area contributed by atoms with Crippen LogP contribution in [0.2, 0.25) is 0 Å². The van der Waals surface area contributed by atoms with Crippen LogP contribution in [0.1, 0.15) is 19.8 Å². The number of benzene rings is 5. The third-order valence-electron chi connectivity index (χ3n) is 6.85. The van der Waals surface area contributed by atoms with Gasteiger partial charge in [-0.05, 0) is 62.2 Å². The second kappa shape index (κ2) is 10.0. The number of hydrogen-bond acceptors (Lipinski definition) is 7. The fraction of sp³-hybridized carbons (Fsp3) is 0.161. The highest BCUT2D eigenvalue weighted by molar-refractivity contribution is 6.09. The van der Waals surface area contributed by atoms with E-state index < -0.39 is 0 Å². The molecule has 0 aromatic heterocycles. The van der Waals surface area contributed by atoms with Gasteiger partial charge < -0.3 is 15.7 Å². The Bertz CT molecular complexity index is 1670. The highest BCUT2D eigenvalue weighted by atomic mass is 16.3. The van der Waals surface area contributed by atoms with Gasteiger partial charge in [0.2, 0.25) is 0 Å². The summed E-state index contributed by atoms with van der Waals surface area (Å²) in [5.41, 5.74) is 4.93. The van der Waals surface area contributed by atoms with Crippen LogP contribution in [-0.2, 0) is 0 Å². The summed E-state index contributed by atoms with van der Waals surface area (Å²) in [6.45, 7) is 2.28. The largest absolute Gasteiger partial charge is 0.396 e. The van der Waals surface area contributed by atoms with Crippen molar-refractivity contribution in [3.05, 3.63) is 97.1 Å². The summed E-state index contributed by atoms with van der Waals surface area (Å²) in [6.07, 6.45) is 1.52. The van der Waals surface area contributed by atoms with E-state index in [1.54, 1.807) is 0 Å². The summed E-state index contributed by atoms with van der Waals surface area (Å²) in [5, 5.41) is 38.8. The maximum Gasteiger partial charge on any atom is 0.105 e. The molecule has 0 saturated carbocycles. The van der Waals surface area contributed by atoms with Gasteiger partial charge in [-0.2, -0.15) is 5.11 Å².